The maximum absolute atomic E-state index is 14.0. The summed E-state index contributed by atoms with van der Waals surface area (Å²) in [5.74, 6) is -1.41. The van der Waals surface area contributed by atoms with Gasteiger partial charge in [-0.3, -0.25) is 14.4 Å². The number of benzene rings is 3. The molecule has 0 aromatic heterocycles. The molecular formula is C29H32N6O3. The van der Waals surface area contributed by atoms with Crippen LogP contribution in [0, 0.1) is 0 Å². The zero-order valence-corrected chi connectivity index (χ0v) is 21.8. The van der Waals surface area contributed by atoms with Crippen LogP contribution in [-0.2, 0) is 20.8 Å². The third-order valence-electron chi connectivity index (χ3n) is 6.23. The summed E-state index contributed by atoms with van der Waals surface area (Å²) in [5, 5.41) is 14.4. The predicted molar refractivity (Wildman–Crippen MR) is 150 cm³/mol. The minimum absolute atomic E-state index is 0.0182. The highest BCUT2D eigenvalue weighted by atomic mass is 16.2. The smallest absolute Gasteiger partial charge is 0.302 e. The van der Waals surface area contributed by atoms with E-state index in [1.54, 1.807) is 24.3 Å². The van der Waals surface area contributed by atoms with Crippen LogP contribution >= 0.6 is 0 Å². The molecule has 0 saturated heterocycles. The van der Waals surface area contributed by atoms with Gasteiger partial charge in [-0.05, 0) is 55.8 Å². The van der Waals surface area contributed by atoms with Crippen LogP contribution in [-0.4, -0.2) is 42.3 Å². The molecule has 3 amide bonds. The van der Waals surface area contributed by atoms with E-state index in [0.29, 0.717) is 11.4 Å². The maximum Gasteiger partial charge on any atom is 0.302 e. The second-order valence-electron chi connectivity index (χ2n) is 8.89. The van der Waals surface area contributed by atoms with E-state index in [1.807, 2.05) is 60.7 Å². The maximum atomic E-state index is 14.0. The van der Waals surface area contributed by atoms with E-state index in [9.17, 15) is 14.4 Å². The highest BCUT2D eigenvalue weighted by Gasteiger charge is 2.54. The molecule has 196 valence electrons. The number of rotatable bonds is 9. The lowest BCUT2D eigenvalue weighted by Crippen LogP contribution is -2.67. The second kappa shape index (κ2) is 11.6. The van der Waals surface area contributed by atoms with Gasteiger partial charge in [0.05, 0.1) is 12.1 Å². The summed E-state index contributed by atoms with van der Waals surface area (Å²) in [4.78, 5) is 41.7. The second-order valence-corrected chi connectivity index (χ2v) is 8.89. The monoisotopic (exact) mass is 512 g/mol. The van der Waals surface area contributed by atoms with E-state index < -0.39 is 17.5 Å². The molecule has 1 heterocycles. The molecule has 1 atom stereocenters. The first-order valence-electron chi connectivity index (χ1n) is 12.6. The van der Waals surface area contributed by atoms with Gasteiger partial charge < -0.3 is 20.9 Å². The van der Waals surface area contributed by atoms with Crippen molar-refractivity contribution in [1.82, 2.24) is 10.6 Å². The average molecular weight is 513 g/mol. The minimum atomic E-state index is -1.83. The number of hydrogen-bond donors (Lipinski definition) is 3. The van der Waals surface area contributed by atoms with Crippen LogP contribution in [0.1, 0.15) is 26.3 Å². The number of anilines is 3. The van der Waals surface area contributed by atoms with Crippen LogP contribution in [0.5, 0.6) is 0 Å². The lowest BCUT2D eigenvalue weighted by Gasteiger charge is -2.31. The molecular weight excluding hydrogens is 480 g/mol. The molecule has 9 nitrogen and oxygen atoms in total. The zero-order chi connectivity index (χ0) is 27.1. The summed E-state index contributed by atoms with van der Waals surface area (Å²) in [7, 11) is 0. The lowest BCUT2D eigenvalue weighted by molar-refractivity contribution is -0.127. The number of hydrazone groups is 1. The first-order valence-corrected chi connectivity index (χ1v) is 12.6. The molecule has 0 aliphatic carbocycles. The van der Waals surface area contributed by atoms with Gasteiger partial charge in [-0.2, -0.15) is 5.01 Å². The normalized spacial score (nSPS) is 16.6. The van der Waals surface area contributed by atoms with Gasteiger partial charge in [0.15, 0.2) is 5.84 Å². The SMILES string of the molecule is CCN(CC)c1ccc(NC2(NC(C)=O)C(=O)N(c3ccccc3)N=C2NC(=O)Cc2ccccc2)cc1. The fourth-order valence-electron chi connectivity index (χ4n) is 4.38. The van der Waals surface area contributed by atoms with Crippen LogP contribution < -0.4 is 25.9 Å². The van der Waals surface area contributed by atoms with Crippen LogP contribution in [0.15, 0.2) is 90.0 Å². The Labute approximate surface area is 222 Å². The number of para-hydroxylation sites is 1. The topological polar surface area (TPSA) is 106 Å². The van der Waals surface area contributed by atoms with Crippen molar-refractivity contribution in [3.8, 4) is 0 Å². The van der Waals surface area contributed by atoms with Crippen molar-refractivity contribution in [3.05, 3.63) is 90.5 Å². The molecule has 4 rings (SSSR count). The summed E-state index contributed by atoms with van der Waals surface area (Å²) in [6.45, 7) is 7.19. The van der Waals surface area contributed by atoms with E-state index in [-0.39, 0.29) is 18.2 Å². The number of nitrogens with zero attached hydrogens (tertiary/aromatic N) is 3. The molecule has 0 fully saturated rings. The Hall–Kier alpha value is -4.66. The highest BCUT2D eigenvalue weighted by molar-refractivity contribution is 6.27. The molecule has 1 aliphatic heterocycles. The van der Waals surface area contributed by atoms with Crippen LogP contribution in [0.2, 0.25) is 0 Å². The Morgan fingerprint density at radius 3 is 2.08 bits per heavy atom. The summed E-state index contributed by atoms with van der Waals surface area (Å²) in [6, 6.07) is 25.6. The Morgan fingerprint density at radius 2 is 1.50 bits per heavy atom. The van der Waals surface area contributed by atoms with Gasteiger partial charge in [0.2, 0.25) is 11.8 Å². The molecule has 1 aliphatic rings. The molecule has 0 radical (unpaired) electrons. The van der Waals surface area contributed by atoms with Gasteiger partial charge in [0.1, 0.15) is 0 Å². The predicted octanol–water partition coefficient (Wildman–Crippen LogP) is 3.50. The molecule has 3 N–H and O–H groups in total. The van der Waals surface area contributed by atoms with Crippen molar-refractivity contribution in [2.75, 3.05) is 28.3 Å². The summed E-state index contributed by atoms with van der Waals surface area (Å²) < 4.78 is 0. The Balaban J connectivity index is 1.71. The summed E-state index contributed by atoms with van der Waals surface area (Å²) >= 11 is 0. The van der Waals surface area contributed by atoms with E-state index in [2.05, 4.69) is 39.8 Å². The molecule has 3 aromatic carbocycles. The number of carbonyl (C=O) groups is 3. The van der Waals surface area contributed by atoms with Gasteiger partial charge in [-0.25, -0.2) is 0 Å². The molecule has 9 heteroatoms. The van der Waals surface area contributed by atoms with Crippen molar-refractivity contribution in [2.24, 2.45) is 5.10 Å². The fourth-order valence-corrected chi connectivity index (χ4v) is 4.38. The number of hydrogen-bond acceptors (Lipinski definition) is 6. The van der Waals surface area contributed by atoms with Crippen molar-refractivity contribution < 1.29 is 14.4 Å². The Kier molecular flexibility index (Phi) is 8.06. The molecule has 38 heavy (non-hydrogen) atoms. The molecule has 0 saturated carbocycles. The van der Waals surface area contributed by atoms with E-state index in [1.165, 1.54) is 11.9 Å². The first-order chi connectivity index (χ1) is 18.4. The number of carbonyl (C=O) groups excluding carboxylic acids is 3. The largest absolute Gasteiger partial charge is 0.372 e. The van der Waals surface area contributed by atoms with Crippen molar-refractivity contribution >= 4 is 40.6 Å². The number of amides is 3. The molecule has 0 bridgehead atoms. The Bertz CT molecular complexity index is 1310. The fraction of sp³-hybridized carbons (Fsp3) is 0.241. The zero-order valence-electron chi connectivity index (χ0n) is 21.8. The van der Waals surface area contributed by atoms with E-state index in [0.717, 1.165) is 24.3 Å². The standard InChI is InChI=1S/C29H32N6O3/c1-4-34(5-2)24-18-16-23(17-19-24)32-29(31-21(3)36)27(30-26(37)20-22-12-8-6-9-13-22)33-35(28(29)38)25-14-10-7-11-15-25/h6-19,32H,4-5,20H2,1-3H3,(H,31,36)(H,30,33,37). The van der Waals surface area contributed by atoms with Crippen LogP contribution in [0.25, 0.3) is 0 Å². The number of nitrogens with one attached hydrogen (secondary N) is 3. The summed E-state index contributed by atoms with van der Waals surface area (Å²) in [5.41, 5.74) is 1.08. The minimum Gasteiger partial charge on any atom is -0.372 e. The van der Waals surface area contributed by atoms with Gasteiger partial charge >= 0.3 is 5.91 Å². The third kappa shape index (κ3) is 5.67. The third-order valence-corrected chi connectivity index (χ3v) is 6.23. The van der Waals surface area contributed by atoms with Crippen molar-refractivity contribution in [2.45, 2.75) is 32.9 Å². The number of amidine groups is 1. The van der Waals surface area contributed by atoms with Crippen LogP contribution in [0.3, 0.4) is 0 Å². The first kappa shape index (κ1) is 26.4. The van der Waals surface area contributed by atoms with Gasteiger partial charge in [-0.1, -0.05) is 48.5 Å². The van der Waals surface area contributed by atoms with E-state index in [4.69, 9.17) is 0 Å². The van der Waals surface area contributed by atoms with Crippen LogP contribution in [0.4, 0.5) is 17.1 Å². The van der Waals surface area contributed by atoms with Gasteiger partial charge in [-0.15, -0.1) is 5.10 Å². The van der Waals surface area contributed by atoms with Crippen molar-refractivity contribution in [1.29, 1.82) is 0 Å². The van der Waals surface area contributed by atoms with Gasteiger partial charge in [0, 0.05) is 31.4 Å². The molecule has 1 unspecified atom stereocenters. The highest BCUT2D eigenvalue weighted by Crippen LogP contribution is 2.29. The lowest BCUT2D eigenvalue weighted by atomic mass is 10.1. The van der Waals surface area contributed by atoms with E-state index >= 15 is 0 Å². The Morgan fingerprint density at radius 1 is 0.895 bits per heavy atom. The molecule has 0 spiro atoms. The van der Waals surface area contributed by atoms with Crippen molar-refractivity contribution in [3.63, 3.8) is 0 Å². The summed E-state index contributed by atoms with van der Waals surface area (Å²) in [6.07, 6.45) is 0.0775. The quantitative estimate of drug-likeness (QED) is 0.381. The average Bonchev–Trinajstić information content (AvgIpc) is 3.16. The van der Waals surface area contributed by atoms with Gasteiger partial charge in [0.25, 0.3) is 5.66 Å². The molecule has 3 aromatic rings.